The summed E-state index contributed by atoms with van der Waals surface area (Å²) in [6.45, 7) is 10.4. The lowest BCUT2D eigenvalue weighted by atomic mass is 9.93. The van der Waals surface area contributed by atoms with Crippen molar-refractivity contribution < 1.29 is 13.2 Å². The highest BCUT2D eigenvalue weighted by Gasteiger charge is 2.48. The molecule has 1 N–H and O–H groups in total. The number of hydrogen-bond acceptors (Lipinski definition) is 2. The summed E-state index contributed by atoms with van der Waals surface area (Å²) in [5, 5.41) is 4.91. The minimum Gasteiger partial charge on any atom is -0.370 e. The molecule has 162 valence electrons. The minimum absolute atomic E-state index is 0.0649. The first kappa shape index (κ1) is 22.8. The molecule has 0 radical (unpaired) electrons. The Bertz CT molecular complexity index is 858. The fourth-order valence-electron chi connectivity index (χ4n) is 3.71. The molecular formula is C25H30F3NS. The SMILES string of the molecule is C=CC(S/C(NC1(C2=CCCC(C(F)(F)F)=C2)CC1)=C(\C)c1ccccc1)C(C)C. The fraction of sp³-hybridized carbons (Fsp3) is 0.440. The van der Waals surface area contributed by atoms with Crippen LogP contribution in [0.4, 0.5) is 13.2 Å². The molecule has 0 aromatic heterocycles. The molecule has 0 saturated heterocycles. The van der Waals surface area contributed by atoms with Gasteiger partial charge in [-0.15, -0.1) is 18.3 Å². The van der Waals surface area contributed by atoms with Crippen LogP contribution >= 0.6 is 11.8 Å². The van der Waals surface area contributed by atoms with Gasteiger partial charge in [0.25, 0.3) is 0 Å². The van der Waals surface area contributed by atoms with E-state index in [0.717, 1.165) is 34.6 Å². The highest BCUT2D eigenvalue weighted by molar-refractivity contribution is 8.03. The van der Waals surface area contributed by atoms with E-state index in [1.165, 1.54) is 6.08 Å². The number of benzene rings is 1. The van der Waals surface area contributed by atoms with Crippen LogP contribution in [0.5, 0.6) is 0 Å². The number of nitrogens with one attached hydrogen (secondary N) is 1. The van der Waals surface area contributed by atoms with E-state index in [0.29, 0.717) is 12.3 Å². The lowest BCUT2D eigenvalue weighted by Gasteiger charge is -2.29. The van der Waals surface area contributed by atoms with Crippen LogP contribution in [0.3, 0.4) is 0 Å². The molecule has 0 heterocycles. The van der Waals surface area contributed by atoms with Crippen molar-refractivity contribution in [3.63, 3.8) is 0 Å². The Morgan fingerprint density at radius 2 is 1.87 bits per heavy atom. The lowest BCUT2D eigenvalue weighted by molar-refractivity contribution is -0.0941. The summed E-state index contributed by atoms with van der Waals surface area (Å²) in [7, 11) is 0. The molecule has 1 saturated carbocycles. The molecule has 0 aliphatic heterocycles. The molecule has 2 aliphatic carbocycles. The number of allylic oxidation sites excluding steroid dienone is 3. The van der Waals surface area contributed by atoms with Gasteiger partial charge in [-0.2, -0.15) is 13.2 Å². The van der Waals surface area contributed by atoms with Gasteiger partial charge in [-0.25, -0.2) is 0 Å². The third-order valence-corrected chi connectivity index (χ3v) is 7.47. The van der Waals surface area contributed by atoms with Crippen molar-refractivity contribution in [1.82, 2.24) is 5.32 Å². The molecule has 1 atom stereocenters. The monoisotopic (exact) mass is 433 g/mol. The van der Waals surface area contributed by atoms with Gasteiger partial charge < -0.3 is 5.32 Å². The number of alkyl halides is 3. The number of thioether (sulfide) groups is 1. The second kappa shape index (κ2) is 9.09. The molecule has 1 aromatic carbocycles. The van der Waals surface area contributed by atoms with Gasteiger partial charge in [0.15, 0.2) is 0 Å². The smallest absolute Gasteiger partial charge is 0.370 e. The Morgan fingerprint density at radius 3 is 2.40 bits per heavy atom. The van der Waals surface area contributed by atoms with E-state index in [9.17, 15) is 13.2 Å². The molecular weight excluding hydrogens is 403 g/mol. The van der Waals surface area contributed by atoms with Crippen molar-refractivity contribution in [3.05, 3.63) is 76.9 Å². The highest BCUT2D eigenvalue weighted by atomic mass is 32.2. The van der Waals surface area contributed by atoms with Crippen LogP contribution in [-0.4, -0.2) is 17.0 Å². The first-order valence-electron chi connectivity index (χ1n) is 10.5. The highest BCUT2D eigenvalue weighted by Crippen LogP contribution is 2.49. The van der Waals surface area contributed by atoms with Crippen LogP contribution < -0.4 is 5.32 Å². The Kier molecular flexibility index (Phi) is 6.91. The maximum Gasteiger partial charge on any atom is 0.412 e. The molecule has 1 unspecified atom stereocenters. The van der Waals surface area contributed by atoms with E-state index in [-0.39, 0.29) is 11.7 Å². The van der Waals surface area contributed by atoms with Gasteiger partial charge in [-0.05, 0) is 61.3 Å². The first-order chi connectivity index (χ1) is 14.2. The normalized spacial score (nSPS) is 20.1. The largest absolute Gasteiger partial charge is 0.412 e. The standard InChI is InChI=1S/C25H30F3NS/c1-5-22(17(2)3)30-23(18(4)19-10-7-6-8-11-19)29-24(14-15-24)20-12-9-13-21(16-20)25(26,27)28/h5-8,10-12,16-17,22,29H,1,9,13-15H2,2-4H3/b23-18+. The Balaban J connectivity index is 1.94. The van der Waals surface area contributed by atoms with Crippen molar-refractivity contribution in [2.24, 2.45) is 5.92 Å². The van der Waals surface area contributed by atoms with Crippen molar-refractivity contribution in [2.75, 3.05) is 0 Å². The zero-order chi connectivity index (χ0) is 21.9. The van der Waals surface area contributed by atoms with Gasteiger partial charge in [0, 0.05) is 10.8 Å². The molecule has 5 heteroatoms. The maximum absolute atomic E-state index is 13.3. The lowest BCUT2D eigenvalue weighted by Crippen LogP contribution is -2.33. The Morgan fingerprint density at radius 1 is 1.20 bits per heavy atom. The molecule has 0 amide bonds. The molecule has 2 aliphatic rings. The van der Waals surface area contributed by atoms with E-state index < -0.39 is 17.3 Å². The molecule has 1 fully saturated rings. The van der Waals surface area contributed by atoms with Crippen molar-refractivity contribution in [2.45, 2.75) is 63.4 Å². The van der Waals surface area contributed by atoms with Crippen LogP contribution in [0.25, 0.3) is 5.57 Å². The van der Waals surface area contributed by atoms with Gasteiger partial charge in [0.1, 0.15) is 0 Å². The predicted molar refractivity (Wildman–Crippen MR) is 122 cm³/mol. The van der Waals surface area contributed by atoms with Crippen LogP contribution in [0.1, 0.15) is 52.0 Å². The summed E-state index contributed by atoms with van der Waals surface area (Å²) in [4.78, 5) is 0. The number of rotatable bonds is 8. The topological polar surface area (TPSA) is 12.0 Å². The average molecular weight is 434 g/mol. The van der Waals surface area contributed by atoms with Crippen molar-refractivity contribution in [3.8, 4) is 0 Å². The molecule has 30 heavy (non-hydrogen) atoms. The molecule has 0 bridgehead atoms. The van der Waals surface area contributed by atoms with Crippen molar-refractivity contribution in [1.29, 1.82) is 0 Å². The van der Waals surface area contributed by atoms with E-state index in [2.05, 4.69) is 44.8 Å². The van der Waals surface area contributed by atoms with Gasteiger partial charge in [-0.1, -0.05) is 56.3 Å². The second-order valence-corrected chi connectivity index (χ2v) is 9.64. The van der Waals surface area contributed by atoms with E-state index >= 15 is 0 Å². The average Bonchev–Trinajstić information content (AvgIpc) is 3.51. The number of hydrogen-bond donors (Lipinski definition) is 1. The minimum atomic E-state index is -4.26. The van der Waals surface area contributed by atoms with Crippen LogP contribution in [0.15, 0.2) is 71.3 Å². The summed E-state index contributed by atoms with van der Waals surface area (Å²) >= 11 is 1.72. The summed E-state index contributed by atoms with van der Waals surface area (Å²) in [5.41, 5.74) is 2.17. The van der Waals surface area contributed by atoms with Gasteiger partial charge in [-0.3, -0.25) is 0 Å². The van der Waals surface area contributed by atoms with E-state index in [4.69, 9.17) is 0 Å². The van der Waals surface area contributed by atoms with Gasteiger partial charge in [0.2, 0.25) is 0 Å². The van der Waals surface area contributed by atoms with Gasteiger partial charge >= 0.3 is 6.18 Å². The first-order valence-corrected chi connectivity index (χ1v) is 11.4. The van der Waals surface area contributed by atoms with Crippen LogP contribution in [-0.2, 0) is 0 Å². The summed E-state index contributed by atoms with van der Waals surface area (Å²) in [5.74, 6) is 0.397. The van der Waals surface area contributed by atoms with Crippen LogP contribution in [0, 0.1) is 5.92 Å². The molecule has 3 rings (SSSR count). The molecule has 1 nitrogen and oxygen atoms in total. The predicted octanol–water partition coefficient (Wildman–Crippen LogP) is 7.65. The zero-order valence-corrected chi connectivity index (χ0v) is 18.7. The number of halogens is 3. The van der Waals surface area contributed by atoms with Gasteiger partial charge in [0.05, 0.1) is 10.6 Å². The Hall–Kier alpha value is -1.88. The zero-order valence-electron chi connectivity index (χ0n) is 17.9. The summed E-state index contributed by atoms with van der Waals surface area (Å²) in [6.07, 6.45) is 3.23. The third kappa shape index (κ3) is 5.23. The molecule has 0 spiro atoms. The van der Waals surface area contributed by atoms with E-state index in [1.807, 2.05) is 30.4 Å². The molecule has 1 aromatic rings. The second-order valence-electron chi connectivity index (χ2n) is 8.45. The van der Waals surface area contributed by atoms with Crippen molar-refractivity contribution >= 4 is 17.3 Å². The third-order valence-electron chi connectivity index (χ3n) is 5.82. The fourth-order valence-corrected chi connectivity index (χ4v) is 4.90. The maximum atomic E-state index is 13.3. The summed E-state index contributed by atoms with van der Waals surface area (Å²) in [6, 6.07) is 10.1. The van der Waals surface area contributed by atoms with Crippen LogP contribution in [0.2, 0.25) is 0 Å². The quantitative estimate of drug-likeness (QED) is 0.423. The summed E-state index contributed by atoms with van der Waals surface area (Å²) < 4.78 is 39.9. The van der Waals surface area contributed by atoms with E-state index in [1.54, 1.807) is 11.8 Å². The Labute approximate surface area is 182 Å².